The zero-order chi connectivity index (χ0) is 27.0. The zero-order valence-electron chi connectivity index (χ0n) is 21.9. The van der Waals surface area contributed by atoms with E-state index in [2.05, 4.69) is 45.3 Å². The van der Waals surface area contributed by atoms with Crippen LogP contribution in [0.2, 0.25) is 0 Å². The van der Waals surface area contributed by atoms with Gasteiger partial charge < -0.3 is 30.1 Å². The molecule has 9 nitrogen and oxygen atoms in total. The highest BCUT2D eigenvalue weighted by atomic mass is 32.2. The zero-order valence-corrected chi connectivity index (χ0v) is 22.7. The minimum absolute atomic E-state index is 0.118. The smallest absolute Gasteiger partial charge is 0.171 e. The number of fused-ring (bicyclic) bond motifs is 1. The SMILES string of the molecule is CC.CO.N#C/C(=C\c1ccc2cc(NCCN3CCOCC3)ccc2c1)SNC1CC(O)COC1O. The standard InChI is InChI=1S/C24H30N4O4S.C2H6.CH4O/c25-15-22(33-27-23-14-21(29)16-32-24(23)30)12-17-1-2-19-13-20(4-3-18(19)11-17)26-5-6-28-7-9-31-10-8-28;2*1-2/h1-4,11-13,21,23-24,26-27,29-30H,5-10,14,16H2;1-2H3;2H,1H3/b22-12+;;. The van der Waals surface area contributed by atoms with E-state index < -0.39 is 18.4 Å². The molecular weight excluding hydrogens is 492 g/mol. The van der Waals surface area contributed by atoms with Gasteiger partial charge >= 0.3 is 0 Å². The quantitative estimate of drug-likeness (QED) is 0.256. The third-order valence-corrected chi connectivity index (χ3v) is 6.63. The first-order valence-corrected chi connectivity index (χ1v) is 13.5. The van der Waals surface area contributed by atoms with Crippen molar-refractivity contribution in [1.82, 2.24) is 9.62 Å². The average Bonchev–Trinajstić information content (AvgIpc) is 2.95. The van der Waals surface area contributed by atoms with Gasteiger partial charge in [-0.05, 0) is 59.0 Å². The molecule has 2 aromatic carbocycles. The molecular formula is C27H40N4O5S. The molecule has 0 saturated carbocycles. The van der Waals surface area contributed by atoms with Gasteiger partial charge in [-0.2, -0.15) is 5.26 Å². The maximum Gasteiger partial charge on any atom is 0.171 e. The first-order chi connectivity index (χ1) is 18.1. The maximum absolute atomic E-state index is 9.90. The normalized spacial score (nSPS) is 22.2. The van der Waals surface area contributed by atoms with E-state index in [0.29, 0.717) is 11.3 Å². The Balaban J connectivity index is 0.00000115. The highest BCUT2D eigenvalue weighted by Gasteiger charge is 2.29. The van der Waals surface area contributed by atoms with Gasteiger partial charge in [0.05, 0.1) is 32.0 Å². The number of aliphatic hydroxyl groups excluding tert-OH is 3. The summed E-state index contributed by atoms with van der Waals surface area (Å²) >= 11 is 1.13. The van der Waals surface area contributed by atoms with Crippen LogP contribution in [-0.2, 0) is 9.47 Å². The summed E-state index contributed by atoms with van der Waals surface area (Å²) in [4.78, 5) is 2.86. The van der Waals surface area contributed by atoms with E-state index in [-0.39, 0.29) is 6.61 Å². The monoisotopic (exact) mass is 532 g/mol. The van der Waals surface area contributed by atoms with Crippen molar-refractivity contribution in [2.24, 2.45) is 0 Å². The molecule has 2 heterocycles. The third-order valence-electron chi connectivity index (χ3n) is 5.78. The summed E-state index contributed by atoms with van der Waals surface area (Å²) in [6, 6.07) is 14.1. The van der Waals surface area contributed by atoms with E-state index in [9.17, 15) is 15.5 Å². The molecule has 37 heavy (non-hydrogen) atoms. The number of nitrogens with zero attached hydrogens (tertiary/aromatic N) is 2. The summed E-state index contributed by atoms with van der Waals surface area (Å²) in [6.07, 6.45) is 0.544. The number of nitriles is 1. The predicted octanol–water partition coefficient (Wildman–Crippen LogP) is 2.79. The van der Waals surface area contributed by atoms with Crippen LogP contribution in [0.4, 0.5) is 5.69 Å². The number of aliphatic hydroxyl groups is 3. The van der Waals surface area contributed by atoms with Crippen LogP contribution < -0.4 is 10.0 Å². The Hall–Kier alpha value is -2.20. The van der Waals surface area contributed by atoms with Crippen molar-refractivity contribution in [3.05, 3.63) is 46.9 Å². The lowest BCUT2D eigenvalue weighted by molar-refractivity contribution is -0.168. The van der Waals surface area contributed by atoms with Crippen LogP contribution in [0.3, 0.4) is 0 Å². The Labute approximate surface area is 224 Å². The molecule has 0 amide bonds. The van der Waals surface area contributed by atoms with E-state index >= 15 is 0 Å². The number of allylic oxidation sites excluding steroid dienone is 1. The van der Waals surface area contributed by atoms with Crippen LogP contribution in [0.15, 0.2) is 41.3 Å². The number of hydrogen-bond donors (Lipinski definition) is 5. The number of rotatable bonds is 8. The highest BCUT2D eigenvalue weighted by Crippen LogP contribution is 2.24. The molecule has 0 bridgehead atoms. The second-order valence-corrected chi connectivity index (χ2v) is 9.14. The molecule has 2 aliphatic heterocycles. The number of morpholine rings is 1. The molecule has 10 heteroatoms. The van der Waals surface area contributed by atoms with E-state index in [1.54, 1.807) is 6.08 Å². The topological polar surface area (TPSA) is 130 Å². The molecule has 2 fully saturated rings. The van der Waals surface area contributed by atoms with Gasteiger partial charge in [-0.3, -0.25) is 9.62 Å². The molecule has 0 aromatic heterocycles. The van der Waals surface area contributed by atoms with Gasteiger partial charge in [0.1, 0.15) is 11.0 Å². The largest absolute Gasteiger partial charge is 0.400 e. The second kappa shape index (κ2) is 17.3. The fourth-order valence-electron chi connectivity index (χ4n) is 3.93. The van der Waals surface area contributed by atoms with Gasteiger partial charge in [0.2, 0.25) is 0 Å². The van der Waals surface area contributed by atoms with Gasteiger partial charge in [-0.15, -0.1) is 0 Å². The summed E-state index contributed by atoms with van der Waals surface area (Å²) in [5.74, 6) is 0. The molecule has 2 aliphatic rings. The summed E-state index contributed by atoms with van der Waals surface area (Å²) in [5.41, 5.74) is 2.01. The maximum atomic E-state index is 9.90. The van der Waals surface area contributed by atoms with E-state index in [1.807, 2.05) is 26.0 Å². The lowest BCUT2D eigenvalue weighted by Gasteiger charge is -2.30. The lowest BCUT2D eigenvalue weighted by atomic mass is 10.1. The van der Waals surface area contributed by atoms with E-state index in [1.165, 1.54) is 0 Å². The third kappa shape index (κ3) is 10.2. The van der Waals surface area contributed by atoms with Crippen LogP contribution in [-0.4, -0.2) is 91.8 Å². The molecule has 5 N–H and O–H groups in total. The molecule has 204 valence electrons. The molecule has 3 atom stereocenters. The predicted molar refractivity (Wildman–Crippen MR) is 150 cm³/mol. The number of hydrogen-bond acceptors (Lipinski definition) is 10. The Morgan fingerprint density at radius 1 is 1.14 bits per heavy atom. The van der Waals surface area contributed by atoms with Crippen molar-refractivity contribution >= 4 is 34.5 Å². The Morgan fingerprint density at radius 2 is 1.84 bits per heavy atom. The summed E-state index contributed by atoms with van der Waals surface area (Å²) in [7, 11) is 1.00. The molecule has 0 spiro atoms. The minimum atomic E-state index is -1.00. The van der Waals surface area contributed by atoms with Gasteiger partial charge in [-0.25, -0.2) is 0 Å². The minimum Gasteiger partial charge on any atom is -0.400 e. The van der Waals surface area contributed by atoms with Gasteiger partial charge in [0.15, 0.2) is 6.29 Å². The average molecular weight is 533 g/mol. The number of ether oxygens (including phenoxy) is 2. The Bertz CT molecular complexity index is 1010. The molecule has 4 rings (SSSR count). The van der Waals surface area contributed by atoms with Crippen LogP contribution in [0.1, 0.15) is 25.8 Å². The molecule has 2 aromatic rings. The van der Waals surface area contributed by atoms with Crippen molar-refractivity contribution in [1.29, 1.82) is 5.26 Å². The first kappa shape index (κ1) is 31.0. The van der Waals surface area contributed by atoms with Crippen molar-refractivity contribution in [3.8, 4) is 6.07 Å². The number of nitrogens with one attached hydrogen (secondary N) is 2. The lowest BCUT2D eigenvalue weighted by Crippen LogP contribution is -2.46. The summed E-state index contributed by atoms with van der Waals surface area (Å²) < 4.78 is 13.5. The van der Waals surface area contributed by atoms with E-state index in [0.717, 1.165) is 80.5 Å². The van der Waals surface area contributed by atoms with E-state index in [4.69, 9.17) is 14.6 Å². The van der Waals surface area contributed by atoms with Crippen LogP contribution in [0.25, 0.3) is 16.8 Å². The number of benzene rings is 2. The summed E-state index contributed by atoms with van der Waals surface area (Å²) in [5, 5.41) is 41.8. The number of anilines is 1. The highest BCUT2D eigenvalue weighted by molar-refractivity contribution is 8.01. The van der Waals surface area contributed by atoms with Crippen molar-refractivity contribution in [2.75, 3.05) is 58.4 Å². The van der Waals surface area contributed by atoms with Crippen LogP contribution in [0.5, 0.6) is 0 Å². The molecule has 0 radical (unpaired) electrons. The van der Waals surface area contributed by atoms with Crippen molar-refractivity contribution in [2.45, 2.75) is 38.7 Å². The van der Waals surface area contributed by atoms with Gasteiger partial charge in [-0.1, -0.05) is 32.0 Å². The molecule has 2 saturated heterocycles. The first-order valence-electron chi connectivity index (χ1n) is 12.6. The molecule has 0 aliphatic carbocycles. The van der Waals surface area contributed by atoms with Crippen molar-refractivity contribution in [3.63, 3.8) is 0 Å². The van der Waals surface area contributed by atoms with Crippen LogP contribution >= 0.6 is 11.9 Å². The fourth-order valence-corrected chi connectivity index (χ4v) is 4.66. The van der Waals surface area contributed by atoms with Gasteiger partial charge in [0, 0.05) is 39.0 Å². The fraction of sp³-hybridized carbons (Fsp3) is 0.519. The summed E-state index contributed by atoms with van der Waals surface area (Å²) in [6.45, 7) is 9.61. The Morgan fingerprint density at radius 3 is 2.57 bits per heavy atom. The van der Waals surface area contributed by atoms with Crippen LogP contribution in [0, 0.1) is 11.3 Å². The Kier molecular flexibility index (Phi) is 14.5. The second-order valence-electron chi connectivity index (χ2n) is 8.26. The van der Waals surface area contributed by atoms with Gasteiger partial charge in [0.25, 0.3) is 0 Å². The molecule has 3 unspecified atom stereocenters. The van der Waals surface area contributed by atoms with Crippen molar-refractivity contribution < 1.29 is 24.8 Å².